The Hall–Kier alpha value is -4.49. The van der Waals surface area contributed by atoms with E-state index in [1.165, 1.54) is 0 Å². The zero-order valence-electron chi connectivity index (χ0n) is 41.7. The van der Waals surface area contributed by atoms with Gasteiger partial charge in [0.2, 0.25) is 0 Å². The van der Waals surface area contributed by atoms with Crippen LogP contribution in [0.15, 0.2) is 4.42 Å². The summed E-state index contributed by atoms with van der Waals surface area (Å²) < 4.78 is 6.37. The highest BCUT2D eigenvalue weighted by molar-refractivity contribution is 6.77. The minimum atomic E-state index is -0.304. The summed E-state index contributed by atoms with van der Waals surface area (Å²) in [6.45, 7) is 0. The highest BCUT2D eigenvalue weighted by Crippen LogP contribution is 2.40. The largest absolute Gasteiger partial charge is 0.457 e. The molecule has 10 aromatic rings. The van der Waals surface area contributed by atoms with Crippen LogP contribution in [0.25, 0.3) is 98.8 Å². The predicted molar refractivity (Wildman–Crippen MR) is 370 cm³/mol. The minimum absolute atomic E-state index is 0.00601. The lowest BCUT2D eigenvalue weighted by atomic mass is 9.54. The van der Waals surface area contributed by atoms with Gasteiger partial charge in [-0.05, 0) is 76.8 Å². The molecule has 0 spiro atoms. The first-order valence-corrected chi connectivity index (χ1v) is 23.1. The third-order valence-corrected chi connectivity index (χ3v) is 15.3. The van der Waals surface area contributed by atoms with E-state index in [1.54, 1.807) is 0 Å². The van der Waals surface area contributed by atoms with Gasteiger partial charge in [-0.15, -0.1) is 49.2 Å². The molecule has 0 amide bonds. The van der Waals surface area contributed by atoms with Crippen molar-refractivity contribution in [2.24, 2.45) is 0 Å². The summed E-state index contributed by atoms with van der Waals surface area (Å²) in [5, 5.41) is 0.296. The number of benzene rings is 9. The quantitative estimate of drug-likeness (QED) is 0.127. The average molecular weight is 917 g/mol. The van der Waals surface area contributed by atoms with Crippen LogP contribution in [0.4, 0.5) is 0 Å². The van der Waals surface area contributed by atoms with Crippen LogP contribution in [0, 0.1) is 0 Å². The van der Waals surface area contributed by atoms with Crippen LogP contribution >= 0.6 is 0 Å². The van der Waals surface area contributed by atoms with E-state index in [9.17, 15) is 0 Å². The minimum Gasteiger partial charge on any atom is -0.457 e. The summed E-state index contributed by atoms with van der Waals surface area (Å²) in [4.78, 5) is 0. The van der Waals surface area contributed by atoms with E-state index in [4.69, 9.17) is 240 Å². The fraction of sp³-hybridized carbons (Fsp3) is 0. The van der Waals surface area contributed by atoms with E-state index >= 15 is 0 Å². The first-order chi connectivity index (χ1) is 36.8. The van der Waals surface area contributed by atoms with Crippen molar-refractivity contribution in [3.8, 4) is 44.5 Å². The first-order valence-electron chi connectivity index (χ1n) is 23.1. The summed E-state index contributed by atoms with van der Waals surface area (Å²) in [7, 11) is 203. The van der Waals surface area contributed by atoms with Gasteiger partial charge in [-0.2, -0.15) is 0 Å². The van der Waals surface area contributed by atoms with Crippen LogP contribution < -0.4 is 164 Å². The van der Waals surface area contributed by atoms with Crippen LogP contribution in [0.1, 0.15) is 0 Å². The Kier molecular flexibility index (Phi) is 14.3. The molecule has 60 radical (unpaired) electrons. The zero-order chi connectivity index (χ0) is 58.4. The molecule has 0 fully saturated rings. The van der Waals surface area contributed by atoms with Crippen LogP contribution in [0.2, 0.25) is 0 Å². The van der Waals surface area contributed by atoms with Gasteiger partial charge >= 0.3 is 0 Å². The predicted octanol–water partition coefficient (Wildman–Crippen LogP) is -22.5. The number of hydrogen-bond acceptors (Lipinski definition) is 1. The standard InChI is InChI=1S/C48B30O/c49-17-9(34(66)46(78)48-16(17)8-7-11(35(67)45(77)47(8)79-48)31(63)41(73)40(72)22(7)54)1-3-5(20(52)38(70)36(68)18(3)50)2(6-4(1)19(51)37(69)39(71)21(6)53)10-23(55)25(57)12(26(58)24(10)56)13-27(59)29(61)14(30(62)28(13)60)15-32(64)42(74)44(76)43(75)33(15)65. The van der Waals surface area contributed by atoms with Gasteiger partial charge in [0, 0.05) is 10.8 Å². The molecule has 9 aromatic carbocycles. The van der Waals surface area contributed by atoms with Crippen molar-refractivity contribution < 1.29 is 4.42 Å². The van der Waals surface area contributed by atoms with Gasteiger partial charge in [0.15, 0.2) is 0 Å². The maximum absolute atomic E-state index is 7.40. The molecule has 0 aliphatic rings. The molecule has 288 valence electrons. The Balaban J connectivity index is 1.40. The number of rotatable bonds is 4. The highest BCUT2D eigenvalue weighted by atomic mass is 16.3. The van der Waals surface area contributed by atoms with E-state index in [0.29, 0.717) is 0 Å². The molecule has 0 saturated carbocycles. The maximum Gasteiger partial charge on any atom is 0.128 e. The number of hydrogen-bond donors (Lipinski definition) is 0. The Morgan fingerprint density at radius 3 is 0.608 bits per heavy atom. The van der Waals surface area contributed by atoms with Crippen LogP contribution in [0.3, 0.4) is 0 Å². The van der Waals surface area contributed by atoms with Crippen LogP contribution in [-0.4, -0.2) is 235 Å². The normalized spacial score (nSPS) is 11.8. The van der Waals surface area contributed by atoms with Gasteiger partial charge in [0.05, 0.1) is 0 Å². The third-order valence-electron chi connectivity index (χ3n) is 15.3. The molecule has 31 heteroatoms. The molecule has 0 N–H and O–H groups in total. The second-order valence-electron chi connectivity index (χ2n) is 19.2. The van der Waals surface area contributed by atoms with Gasteiger partial charge < -0.3 is 4.42 Å². The Bertz CT molecular complexity index is 4430. The molecule has 0 aliphatic carbocycles. The Morgan fingerprint density at radius 2 is 0.291 bits per heavy atom. The lowest BCUT2D eigenvalue weighted by Crippen LogP contribution is -2.57. The van der Waals surface area contributed by atoms with Crippen molar-refractivity contribution in [2.45, 2.75) is 0 Å². The second kappa shape index (κ2) is 19.6. The van der Waals surface area contributed by atoms with Crippen LogP contribution in [-0.2, 0) is 0 Å². The topological polar surface area (TPSA) is 13.1 Å². The summed E-state index contributed by atoms with van der Waals surface area (Å²) >= 11 is 0. The fourth-order valence-electron chi connectivity index (χ4n) is 11.0. The molecule has 1 heterocycles. The summed E-state index contributed by atoms with van der Waals surface area (Å²) in [5.41, 5.74) is -6.12. The molecule has 10 rings (SSSR count). The molecule has 0 saturated heterocycles. The van der Waals surface area contributed by atoms with Crippen molar-refractivity contribution in [1.82, 2.24) is 0 Å². The molecule has 0 unspecified atom stereocenters. The van der Waals surface area contributed by atoms with Crippen molar-refractivity contribution in [3.63, 3.8) is 0 Å². The lowest BCUT2D eigenvalue weighted by Gasteiger charge is -2.33. The molecular formula is C48B30O. The molecule has 1 nitrogen and oxygen atoms in total. The smallest absolute Gasteiger partial charge is 0.128 e. The van der Waals surface area contributed by atoms with E-state index < -0.39 is 0 Å². The number of fused-ring (bicyclic) bond motifs is 7. The molecule has 0 aliphatic heterocycles. The maximum atomic E-state index is 7.40. The first kappa shape index (κ1) is 57.7. The monoisotopic (exact) mass is 922 g/mol. The van der Waals surface area contributed by atoms with Crippen LogP contribution in [0.5, 0.6) is 0 Å². The molecule has 79 heavy (non-hydrogen) atoms. The van der Waals surface area contributed by atoms with Gasteiger partial charge in [-0.25, -0.2) is 0 Å². The van der Waals surface area contributed by atoms with Gasteiger partial charge in [-0.1, -0.05) is 115 Å². The molecular weight excluding hydrogens is 917 g/mol. The average Bonchev–Trinajstić information content (AvgIpc) is 3.90. The Labute approximate surface area is 498 Å². The highest BCUT2D eigenvalue weighted by Gasteiger charge is 2.32. The van der Waals surface area contributed by atoms with Gasteiger partial charge in [0.25, 0.3) is 0 Å². The second-order valence-corrected chi connectivity index (χ2v) is 19.2. The Morgan fingerprint density at radius 1 is 0.114 bits per heavy atom. The fourth-order valence-corrected chi connectivity index (χ4v) is 11.0. The molecule has 1 aromatic heterocycles. The van der Waals surface area contributed by atoms with Crippen molar-refractivity contribution in [2.75, 3.05) is 0 Å². The molecule has 0 atom stereocenters. The van der Waals surface area contributed by atoms with E-state index in [2.05, 4.69) is 0 Å². The SMILES string of the molecule is [B]c1c([B])c([B])c(-c2c([B])c([B])c(-c3c([B])c([B])c(-c4c5c([B])c([B])c([B])c([B])c5c(-c5c([B])c([B])c6oc7c([B])c([B])c8c([B])c([B])c([B])c([B])c8c7c6c5[B])c5c([B])c([B])c([B])c([B])c45)c([B])c3[B])c([B])c2[B])c([B])c1[B]. The summed E-state index contributed by atoms with van der Waals surface area (Å²) in [6.07, 6.45) is 0. The third kappa shape index (κ3) is 7.52. The van der Waals surface area contributed by atoms with Crippen molar-refractivity contribution >= 4 is 454 Å². The zero-order valence-corrected chi connectivity index (χ0v) is 41.7. The lowest BCUT2D eigenvalue weighted by molar-refractivity contribution is 0.675. The molecule has 0 bridgehead atoms. The summed E-state index contributed by atoms with van der Waals surface area (Å²) in [5.74, 6) is 0. The van der Waals surface area contributed by atoms with Crippen molar-refractivity contribution in [1.29, 1.82) is 0 Å². The van der Waals surface area contributed by atoms with E-state index in [-0.39, 0.29) is 263 Å². The van der Waals surface area contributed by atoms with E-state index in [1.807, 2.05) is 0 Å². The number of furan rings is 1. The van der Waals surface area contributed by atoms with E-state index in [0.717, 1.165) is 0 Å². The van der Waals surface area contributed by atoms with Gasteiger partial charge in [-0.3, -0.25) is 0 Å². The summed E-state index contributed by atoms with van der Waals surface area (Å²) in [6, 6.07) is 0. The van der Waals surface area contributed by atoms with Gasteiger partial charge in [0.1, 0.15) is 247 Å². The van der Waals surface area contributed by atoms with Crippen molar-refractivity contribution in [3.05, 3.63) is 0 Å².